The molecule has 0 aliphatic heterocycles. The fourth-order valence-electron chi connectivity index (χ4n) is 1.25. The van der Waals surface area contributed by atoms with Crippen LogP contribution in [-0.2, 0) is 0 Å². The van der Waals surface area contributed by atoms with E-state index in [4.69, 9.17) is 10.6 Å². The molecule has 0 spiro atoms. The standard InChI is InChI=1S/C11H12N4OS/c1-16-8-3-2-4-9(7-8)17-10-5-6-13-11(14-10)15-12/h2-7H,12H2,1H3,(H,13,14,15). The van der Waals surface area contributed by atoms with Crippen LogP contribution in [0.25, 0.3) is 0 Å². The lowest BCUT2D eigenvalue weighted by atomic mass is 10.3. The molecule has 2 aromatic rings. The third-order valence-electron chi connectivity index (χ3n) is 2.02. The molecule has 1 heterocycles. The van der Waals surface area contributed by atoms with Gasteiger partial charge in [-0.2, -0.15) is 0 Å². The number of aromatic nitrogens is 2. The van der Waals surface area contributed by atoms with Crippen molar-refractivity contribution in [2.24, 2.45) is 5.84 Å². The van der Waals surface area contributed by atoms with E-state index in [1.807, 2.05) is 30.3 Å². The molecule has 0 bridgehead atoms. The molecule has 0 radical (unpaired) electrons. The summed E-state index contributed by atoms with van der Waals surface area (Å²) >= 11 is 1.52. The van der Waals surface area contributed by atoms with E-state index in [1.54, 1.807) is 13.3 Å². The number of nitrogens with one attached hydrogen (secondary N) is 1. The minimum Gasteiger partial charge on any atom is -0.497 e. The Balaban J connectivity index is 2.18. The molecule has 88 valence electrons. The molecule has 1 aromatic heterocycles. The molecule has 3 N–H and O–H groups in total. The lowest BCUT2D eigenvalue weighted by Crippen LogP contribution is -2.10. The number of hydrogen-bond acceptors (Lipinski definition) is 6. The van der Waals surface area contributed by atoms with Gasteiger partial charge in [0.2, 0.25) is 5.95 Å². The Morgan fingerprint density at radius 1 is 1.35 bits per heavy atom. The summed E-state index contributed by atoms with van der Waals surface area (Å²) in [6.07, 6.45) is 1.66. The molecule has 0 aliphatic carbocycles. The number of nitrogens with zero attached hydrogens (tertiary/aromatic N) is 2. The van der Waals surface area contributed by atoms with Crippen molar-refractivity contribution >= 4 is 17.7 Å². The first kappa shape index (κ1) is 11.7. The van der Waals surface area contributed by atoms with Crippen molar-refractivity contribution in [1.29, 1.82) is 0 Å². The summed E-state index contributed by atoms with van der Waals surface area (Å²) in [6, 6.07) is 9.60. The SMILES string of the molecule is COc1cccc(Sc2ccnc(NN)n2)c1. The zero-order chi connectivity index (χ0) is 12.1. The van der Waals surface area contributed by atoms with Crippen LogP contribution >= 0.6 is 11.8 Å². The van der Waals surface area contributed by atoms with E-state index >= 15 is 0 Å². The van der Waals surface area contributed by atoms with Crippen LogP contribution in [0, 0.1) is 0 Å². The van der Waals surface area contributed by atoms with Crippen molar-refractivity contribution in [2.75, 3.05) is 12.5 Å². The van der Waals surface area contributed by atoms with Crippen molar-refractivity contribution in [3.63, 3.8) is 0 Å². The zero-order valence-electron chi connectivity index (χ0n) is 9.25. The maximum atomic E-state index is 5.25. The second-order valence-corrected chi connectivity index (χ2v) is 4.24. The molecule has 1 aromatic carbocycles. The van der Waals surface area contributed by atoms with Crippen LogP contribution in [-0.4, -0.2) is 17.1 Å². The smallest absolute Gasteiger partial charge is 0.238 e. The van der Waals surface area contributed by atoms with Gasteiger partial charge in [0.1, 0.15) is 10.8 Å². The average Bonchev–Trinajstić information content (AvgIpc) is 2.39. The van der Waals surface area contributed by atoms with Gasteiger partial charge in [0.25, 0.3) is 0 Å². The third-order valence-corrected chi connectivity index (χ3v) is 2.95. The van der Waals surface area contributed by atoms with Gasteiger partial charge in [-0.1, -0.05) is 17.8 Å². The number of benzene rings is 1. The van der Waals surface area contributed by atoms with E-state index in [-0.39, 0.29) is 0 Å². The van der Waals surface area contributed by atoms with Crippen LogP contribution in [0.5, 0.6) is 5.75 Å². The molecule has 6 heteroatoms. The first-order chi connectivity index (χ1) is 8.31. The lowest BCUT2D eigenvalue weighted by molar-refractivity contribution is 0.413. The highest BCUT2D eigenvalue weighted by atomic mass is 32.2. The fourth-order valence-corrected chi connectivity index (χ4v) is 2.08. The predicted octanol–water partition coefficient (Wildman–Crippen LogP) is 1.92. The normalized spacial score (nSPS) is 10.0. The Labute approximate surface area is 103 Å². The summed E-state index contributed by atoms with van der Waals surface area (Å²) in [5, 5.41) is 0.821. The Morgan fingerprint density at radius 2 is 2.24 bits per heavy atom. The summed E-state index contributed by atoms with van der Waals surface area (Å²) in [5.41, 5.74) is 2.42. The monoisotopic (exact) mass is 248 g/mol. The Kier molecular flexibility index (Phi) is 3.79. The number of methoxy groups -OCH3 is 1. The van der Waals surface area contributed by atoms with Gasteiger partial charge in [-0.25, -0.2) is 15.8 Å². The van der Waals surface area contributed by atoms with Crippen LogP contribution in [0.15, 0.2) is 46.5 Å². The quantitative estimate of drug-likeness (QED) is 0.489. The van der Waals surface area contributed by atoms with Crippen LogP contribution in [0.1, 0.15) is 0 Å². The second-order valence-electron chi connectivity index (χ2n) is 3.14. The molecule has 0 saturated carbocycles. The van der Waals surface area contributed by atoms with Crippen molar-refractivity contribution < 1.29 is 4.74 Å². The number of ether oxygens (including phenoxy) is 1. The van der Waals surface area contributed by atoms with Gasteiger partial charge < -0.3 is 4.74 Å². The summed E-state index contributed by atoms with van der Waals surface area (Å²) < 4.78 is 5.16. The van der Waals surface area contributed by atoms with Crippen molar-refractivity contribution in [3.05, 3.63) is 36.5 Å². The molecule has 0 atom stereocenters. The zero-order valence-corrected chi connectivity index (χ0v) is 10.1. The van der Waals surface area contributed by atoms with E-state index < -0.39 is 0 Å². The van der Waals surface area contributed by atoms with E-state index in [2.05, 4.69) is 15.4 Å². The third kappa shape index (κ3) is 3.08. The fraction of sp³-hybridized carbons (Fsp3) is 0.0909. The highest BCUT2D eigenvalue weighted by Crippen LogP contribution is 2.28. The number of anilines is 1. The van der Waals surface area contributed by atoms with E-state index in [0.717, 1.165) is 15.7 Å². The molecule has 0 fully saturated rings. The summed E-state index contributed by atoms with van der Waals surface area (Å²) in [7, 11) is 1.64. The maximum Gasteiger partial charge on any atom is 0.238 e. The average molecular weight is 248 g/mol. The number of nitrogens with two attached hydrogens (primary N) is 1. The van der Waals surface area contributed by atoms with Gasteiger partial charge in [0, 0.05) is 11.1 Å². The highest BCUT2D eigenvalue weighted by molar-refractivity contribution is 7.99. The molecule has 17 heavy (non-hydrogen) atoms. The van der Waals surface area contributed by atoms with Gasteiger partial charge in [-0.3, -0.25) is 5.43 Å². The van der Waals surface area contributed by atoms with Crippen LogP contribution in [0.4, 0.5) is 5.95 Å². The predicted molar refractivity (Wildman–Crippen MR) is 67.0 cm³/mol. The van der Waals surface area contributed by atoms with Crippen LogP contribution < -0.4 is 16.0 Å². The first-order valence-electron chi connectivity index (χ1n) is 4.93. The molecule has 5 nitrogen and oxygen atoms in total. The number of hydrogen-bond donors (Lipinski definition) is 2. The van der Waals surface area contributed by atoms with Crippen molar-refractivity contribution in [3.8, 4) is 5.75 Å². The molecule has 0 saturated heterocycles. The molecular weight excluding hydrogens is 236 g/mol. The summed E-state index contributed by atoms with van der Waals surface area (Å²) in [6.45, 7) is 0. The van der Waals surface area contributed by atoms with Crippen LogP contribution in [0.2, 0.25) is 0 Å². The minimum absolute atomic E-state index is 0.401. The second kappa shape index (κ2) is 5.51. The van der Waals surface area contributed by atoms with Gasteiger partial charge in [0.15, 0.2) is 0 Å². The Bertz CT molecular complexity index is 461. The van der Waals surface area contributed by atoms with Gasteiger partial charge in [-0.15, -0.1) is 0 Å². The molecule has 0 amide bonds. The maximum absolute atomic E-state index is 5.25. The van der Waals surface area contributed by atoms with E-state index in [1.165, 1.54) is 11.8 Å². The molecule has 0 unspecified atom stereocenters. The summed E-state index contributed by atoms with van der Waals surface area (Å²) in [5.74, 6) is 6.47. The number of rotatable bonds is 4. The molecular formula is C11H12N4OS. The van der Waals surface area contributed by atoms with Gasteiger partial charge >= 0.3 is 0 Å². The van der Waals surface area contributed by atoms with Crippen LogP contribution in [0.3, 0.4) is 0 Å². The molecule has 2 rings (SSSR count). The highest BCUT2D eigenvalue weighted by Gasteiger charge is 2.02. The van der Waals surface area contributed by atoms with Gasteiger partial charge in [0.05, 0.1) is 7.11 Å². The minimum atomic E-state index is 0.401. The Morgan fingerprint density at radius 3 is 3.00 bits per heavy atom. The van der Waals surface area contributed by atoms with Gasteiger partial charge in [-0.05, 0) is 24.3 Å². The topological polar surface area (TPSA) is 73.1 Å². The lowest BCUT2D eigenvalue weighted by Gasteiger charge is -2.04. The van der Waals surface area contributed by atoms with E-state index in [9.17, 15) is 0 Å². The van der Waals surface area contributed by atoms with E-state index in [0.29, 0.717) is 5.95 Å². The largest absolute Gasteiger partial charge is 0.497 e. The molecule has 0 aliphatic rings. The summed E-state index contributed by atoms with van der Waals surface area (Å²) in [4.78, 5) is 9.21. The Hall–Kier alpha value is -1.79. The first-order valence-corrected chi connectivity index (χ1v) is 5.75. The number of hydrazine groups is 1. The number of nitrogen functional groups attached to an aromatic ring is 1. The van der Waals surface area contributed by atoms with Crippen molar-refractivity contribution in [1.82, 2.24) is 9.97 Å². The van der Waals surface area contributed by atoms with Crippen molar-refractivity contribution in [2.45, 2.75) is 9.92 Å².